The molecule has 2 N–H and O–H groups in total. The lowest BCUT2D eigenvalue weighted by Crippen LogP contribution is -1.98. The predicted octanol–water partition coefficient (Wildman–Crippen LogP) is 3.37. The summed E-state index contributed by atoms with van der Waals surface area (Å²) in [5.41, 5.74) is 8.18. The third kappa shape index (κ3) is 3.98. The number of halogens is 1. The third-order valence-electron chi connectivity index (χ3n) is 3.32. The van der Waals surface area contributed by atoms with E-state index in [1.165, 1.54) is 16.8 Å². The molecule has 0 fully saturated rings. The maximum absolute atomic E-state index is 13.2. The van der Waals surface area contributed by atoms with Crippen molar-refractivity contribution in [3.63, 3.8) is 0 Å². The number of rotatable bonds is 5. The van der Waals surface area contributed by atoms with Gasteiger partial charge in [0, 0.05) is 0 Å². The standard InChI is InChI=1S/C18H17FN4O/c1-13-11-23(18(20)22-13)21-10-14-4-3-7-17(9-14)24-12-15-5-2-6-16(19)8-15/h2-11H,12H2,1H3,(H2,20,22). The van der Waals surface area contributed by atoms with Gasteiger partial charge in [-0.05, 0) is 42.3 Å². The summed E-state index contributed by atoms with van der Waals surface area (Å²) in [6.07, 6.45) is 3.42. The van der Waals surface area contributed by atoms with Gasteiger partial charge in [0.1, 0.15) is 18.2 Å². The Morgan fingerprint density at radius 2 is 2.08 bits per heavy atom. The van der Waals surface area contributed by atoms with E-state index in [-0.39, 0.29) is 5.82 Å². The van der Waals surface area contributed by atoms with Crippen LogP contribution >= 0.6 is 0 Å². The summed E-state index contributed by atoms with van der Waals surface area (Å²) in [6.45, 7) is 2.15. The second-order valence-electron chi connectivity index (χ2n) is 5.32. The fourth-order valence-electron chi connectivity index (χ4n) is 2.20. The topological polar surface area (TPSA) is 65.4 Å². The Balaban J connectivity index is 1.69. The summed E-state index contributed by atoms with van der Waals surface area (Å²) >= 11 is 0. The van der Waals surface area contributed by atoms with Crippen molar-refractivity contribution in [2.45, 2.75) is 13.5 Å². The van der Waals surface area contributed by atoms with Crippen molar-refractivity contribution in [1.29, 1.82) is 0 Å². The van der Waals surface area contributed by atoms with Crippen molar-refractivity contribution < 1.29 is 9.13 Å². The number of imidazole rings is 1. The monoisotopic (exact) mass is 324 g/mol. The Hall–Kier alpha value is -3.15. The van der Waals surface area contributed by atoms with Gasteiger partial charge in [0.15, 0.2) is 0 Å². The van der Waals surface area contributed by atoms with Gasteiger partial charge in [0.05, 0.1) is 18.1 Å². The number of ether oxygens (including phenoxy) is 1. The number of nitrogens with zero attached hydrogens (tertiary/aromatic N) is 3. The van der Waals surface area contributed by atoms with Gasteiger partial charge >= 0.3 is 0 Å². The van der Waals surface area contributed by atoms with E-state index in [9.17, 15) is 4.39 Å². The van der Waals surface area contributed by atoms with Crippen LogP contribution in [0.5, 0.6) is 5.75 Å². The van der Waals surface area contributed by atoms with Gasteiger partial charge in [-0.15, -0.1) is 0 Å². The number of nitrogens with two attached hydrogens (primary N) is 1. The zero-order valence-electron chi connectivity index (χ0n) is 13.2. The highest BCUT2D eigenvalue weighted by Gasteiger charge is 2.00. The van der Waals surface area contributed by atoms with E-state index in [0.29, 0.717) is 18.3 Å². The molecule has 5 nitrogen and oxygen atoms in total. The predicted molar refractivity (Wildman–Crippen MR) is 91.5 cm³/mol. The molecule has 0 aliphatic carbocycles. The lowest BCUT2D eigenvalue weighted by atomic mass is 10.2. The van der Waals surface area contributed by atoms with Crippen LogP contribution in [-0.2, 0) is 6.61 Å². The van der Waals surface area contributed by atoms with Crippen molar-refractivity contribution in [2.24, 2.45) is 5.10 Å². The molecular weight excluding hydrogens is 307 g/mol. The first-order valence-electron chi connectivity index (χ1n) is 7.43. The van der Waals surface area contributed by atoms with E-state index in [0.717, 1.165) is 16.8 Å². The minimum Gasteiger partial charge on any atom is -0.489 e. The molecule has 0 unspecified atom stereocenters. The van der Waals surface area contributed by atoms with E-state index >= 15 is 0 Å². The second-order valence-corrected chi connectivity index (χ2v) is 5.32. The van der Waals surface area contributed by atoms with Gasteiger partial charge in [-0.2, -0.15) is 5.10 Å². The Morgan fingerprint density at radius 1 is 1.25 bits per heavy atom. The van der Waals surface area contributed by atoms with Crippen LogP contribution in [0.25, 0.3) is 0 Å². The molecule has 0 aliphatic heterocycles. The maximum Gasteiger partial charge on any atom is 0.221 e. The Labute approximate surface area is 139 Å². The molecule has 1 aromatic heterocycles. The van der Waals surface area contributed by atoms with Crippen LogP contribution in [0.2, 0.25) is 0 Å². The largest absolute Gasteiger partial charge is 0.489 e. The summed E-state index contributed by atoms with van der Waals surface area (Å²) in [6, 6.07) is 13.8. The Morgan fingerprint density at radius 3 is 2.83 bits per heavy atom. The smallest absolute Gasteiger partial charge is 0.221 e. The molecule has 0 bridgehead atoms. The number of hydrogen-bond donors (Lipinski definition) is 1. The Kier molecular flexibility index (Phi) is 4.56. The maximum atomic E-state index is 13.2. The summed E-state index contributed by atoms with van der Waals surface area (Å²) in [4.78, 5) is 4.08. The van der Waals surface area contributed by atoms with Crippen LogP contribution in [0.1, 0.15) is 16.8 Å². The van der Waals surface area contributed by atoms with E-state index in [2.05, 4.69) is 10.1 Å². The van der Waals surface area contributed by atoms with Crippen LogP contribution in [0.15, 0.2) is 59.8 Å². The number of aryl methyl sites for hydroxylation is 1. The van der Waals surface area contributed by atoms with Crippen molar-refractivity contribution in [1.82, 2.24) is 9.66 Å². The van der Waals surface area contributed by atoms with Crippen molar-refractivity contribution in [3.05, 3.63) is 77.4 Å². The first-order valence-corrected chi connectivity index (χ1v) is 7.43. The highest BCUT2D eigenvalue weighted by atomic mass is 19.1. The molecule has 2 aromatic carbocycles. The molecule has 0 amide bonds. The average molecular weight is 324 g/mol. The molecule has 0 atom stereocenters. The summed E-state index contributed by atoms with van der Waals surface area (Å²) in [5, 5.41) is 4.27. The summed E-state index contributed by atoms with van der Waals surface area (Å²) < 4.78 is 20.4. The van der Waals surface area contributed by atoms with Crippen LogP contribution < -0.4 is 10.5 Å². The van der Waals surface area contributed by atoms with Crippen LogP contribution in [0.4, 0.5) is 10.3 Å². The van der Waals surface area contributed by atoms with Crippen LogP contribution in [-0.4, -0.2) is 15.9 Å². The second kappa shape index (κ2) is 6.95. The quantitative estimate of drug-likeness (QED) is 0.732. The molecule has 3 rings (SSSR count). The van der Waals surface area contributed by atoms with Gasteiger partial charge in [-0.1, -0.05) is 24.3 Å². The number of benzene rings is 2. The third-order valence-corrected chi connectivity index (χ3v) is 3.32. The zero-order chi connectivity index (χ0) is 16.9. The minimum absolute atomic E-state index is 0.273. The number of nitrogen functional groups attached to an aromatic ring is 1. The van der Waals surface area contributed by atoms with E-state index in [1.807, 2.05) is 37.3 Å². The molecular formula is C18H17FN4O. The molecule has 24 heavy (non-hydrogen) atoms. The van der Waals surface area contributed by atoms with E-state index in [1.54, 1.807) is 18.5 Å². The Bertz CT molecular complexity index is 873. The van der Waals surface area contributed by atoms with Crippen LogP contribution in [0.3, 0.4) is 0 Å². The zero-order valence-corrected chi connectivity index (χ0v) is 13.2. The van der Waals surface area contributed by atoms with Crippen LogP contribution in [0, 0.1) is 12.7 Å². The molecule has 0 saturated carbocycles. The molecule has 122 valence electrons. The molecule has 0 aliphatic rings. The lowest BCUT2D eigenvalue weighted by Gasteiger charge is -2.07. The molecule has 0 radical (unpaired) electrons. The molecule has 0 saturated heterocycles. The molecule has 0 spiro atoms. The van der Waals surface area contributed by atoms with E-state index in [4.69, 9.17) is 10.5 Å². The lowest BCUT2D eigenvalue weighted by molar-refractivity contribution is 0.305. The van der Waals surface area contributed by atoms with Crippen molar-refractivity contribution >= 4 is 12.2 Å². The fourth-order valence-corrected chi connectivity index (χ4v) is 2.20. The highest BCUT2D eigenvalue weighted by Crippen LogP contribution is 2.15. The van der Waals surface area contributed by atoms with Gasteiger partial charge in [-0.25, -0.2) is 14.1 Å². The van der Waals surface area contributed by atoms with E-state index < -0.39 is 0 Å². The highest BCUT2D eigenvalue weighted by molar-refractivity contribution is 5.80. The van der Waals surface area contributed by atoms with Gasteiger partial charge in [0.25, 0.3) is 0 Å². The number of hydrogen-bond acceptors (Lipinski definition) is 4. The molecule has 3 aromatic rings. The molecule has 1 heterocycles. The SMILES string of the molecule is Cc1cn(N=Cc2cccc(OCc3cccc(F)c3)c2)c(N)n1. The van der Waals surface area contributed by atoms with Gasteiger partial charge < -0.3 is 10.5 Å². The first kappa shape index (κ1) is 15.7. The molecule has 6 heteroatoms. The summed E-state index contributed by atoms with van der Waals surface area (Å²) in [7, 11) is 0. The number of aromatic nitrogens is 2. The first-order chi connectivity index (χ1) is 11.6. The number of anilines is 1. The van der Waals surface area contributed by atoms with Crippen molar-refractivity contribution in [2.75, 3.05) is 5.73 Å². The summed E-state index contributed by atoms with van der Waals surface area (Å²) in [5.74, 6) is 0.741. The minimum atomic E-state index is -0.273. The van der Waals surface area contributed by atoms with Crippen molar-refractivity contribution in [3.8, 4) is 5.75 Å². The van der Waals surface area contributed by atoms with Gasteiger partial charge in [0.2, 0.25) is 5.95 Å². The fraction of sp³-hybridized carbons (Fsp3) is 0.111. The average Bonchev–Trinajstić information content (AvgIpc) is 2.89. The normalized spacial score (nSPS) is 11.1. The van der Waals surface area contributed by atoms with Gasteiger partial charge in [-0.3, -0.25) is 0 Å².